The highest BCUT2D eigenvalue weighted by atomic mass is 32.2. The Bertz CT molecular complexity index is 696. The number of nitrogens with zero attached hydrogens (tertiary/aromatic N) is 2. The van der Waals surface area contributed by atoms with E-state index in [-0.39, 0.29) is 31.1 Å². The van der Waals surface area contributed by atoms with Crippen LogP contribution in [0.5, 0.6) is 0 Å². The Morgan fingerprint density at radius 1 is 1.08 bits per heavy atom. The van der Waals surface area contributed by atoms with E-state index in [2.05, 4.69) is 0 Å². The molecule has 24 heavy (non-hydrogen) atoms. The normalized spacial score (nSPS) is 19.8. The zero-order valence-corrected chi connectivity index (χ0v) is 13.6. The van der Waals surface area contributed by atoms with Crippen LogP contribution < -0.4 is 0 Å². The maximum atomic E-state index is 12.7. The molecule has 10 heteroatoms. The molecule has 1 unspecified atom stereocenters. The molecule has 1 N–H and O–H groups in total. The third-order valence-corrected chi connectivity index (χ3v) is 5.79. The maximum Gasteiger partial charge on any atom is 0.426 e. The Kier molecular flexibility index (Phi) is 4.93. The van der Waals surface area contributed by atoms with Crippen LogP contribution in [0.15, 0.2) is 35.2 Å². The Morgan fingerprint density at radius 2 is 1.58 bits per heavy atom. The lowest BCUT2D eigenvalue weighted by Crippen LogP contribution is -2.60. The van der Waals surface area contributed by atoms with Crippen molar-refractivity contribution in [2.45, 2.75) is 23.6 Å². The lowest BCUT2D eigenvalue weighted by Gasteiger charge is -2.37. The zero-order chi connectivity index (χ0) is 18.2. The van der Waals surface area contributed by atoms with Gasteiger partial charge >= 0.3 is 6.18 Å². The summed E-state index contributed by atoms with van der Waals surface area (Å²) < 4.78 is 64.1. The fourth-order valence-electron chi connectivity index (χ4n) is 2.30. The highest BCUT2D eigenvalue weighted by Crippen LogP contribution is 2.32. The van der Waals surface area contributed by atoms with Crippen molar-refractivity contribution < 1.29 is 31.5 Å². The number of hydrogen-bond acceptors (Lipinski definition) is 4. The van der Waals surface area contributed by atoms with E-state index in [0.29, 0.717) is 6.92 Å². The van der Waals surface area contributed by atoms with Crippen molar-refractivity contribution in [3.8, 4) is 0 Å². The first kappa shape index (κ1) is 18.7. The molecule has 0 aromatic heterocycles. The minimum absolute atomic E-state index is 0.0760. The van der Waals surface area contributed by atoms with Crippen LogP contribution in [0, 0.1) is 0 Å². The summed E-state index contributed by atoms with van der Waals surface area (Å²) in [5, 5.41) is 9.43. The maximum absolute atomic E-state index is 12.7. The van der Waals surface area contributed by atoms with E-state index < -0.39 is 27.7 Å². The zero-order valence-electron chi connectivity index (χ0n) is 12.8. The van der Waals surface area contributed by atoms with Gasteiger partial charge in [0.25, 0.3) is 5.91 Å². The number of carbonyl (C=O) groups excluding carboxylic acids is 1. The van der Waals surface area contributed by atoms with Crippen molar-refractivity contribution in [3.63, 3.8) is 0 Å². The SMILES string of the molecule is CC(O)(C(=O)N1CCN(S(=O)(=O)c2ccccc2)CC1)C(F)(F)F. The van der Waals surface area contributed by atoms with Gasteiger partial charge in [0.2, 0.25) is 15.6 Å². The second-order valence-corrected chi connectivity index (χ2v) is 7.52. The largest absolute Gasteiger partial charge is 0.426 e. The number of alkyl halides is 3. The van der Waals surface area contributed by atoms with Gasteiger partial charge in [-0.3, -0.25) is 4.79 Å². The molecule has 6 nitrogen and oxygen atoms in total. The van der Waals surface area contributed by atoms with Crippen LogP contribution in [0.2, 0.25) is 0 Å². The summed E-state index contributed by atoms with van der Waals surface area (Å²) in [5.74, 6) is -1.48. The molecule has 1 aliphatic heterocycles. The first-order valence-electron chi connectivity index (χ1n) is 7.11. The van der Waals surface area contributed by atoms with Gasteiger partial charge in [-0.05, 0) is 19.1 Å². The number of aliphatic hydroxyl groups is 1. The van der Waals surface area contributed by atoms with Gasteiger partial charge in [-0.1, -0.05) is 18.2 Å². The second kappa shape index (κ2) is 6.34. The number of hydrogen-bond donors (Lipinski definition) is 1. The minimum Gasteiger partial charge on any atom is -0.373 e. The number of amides is 1. The third-order valence-electron chi connectivity index (χ3n) is 3.88. The van der Waals surface area contributed by atoms with Crippen LogP contribution in [0.1, 0.15) is 6.92 Å². The van der Waals surface area contributed by atoms with Gasteiger partial charge < -0.3 is 10.0 Å². The van der Waals surface area contributed by atoms with Crippen LogP contribution in [-0.2, 0) is 14.8 Å². The van der Waals surface area contributed by atoms with Crippen LogP contribution in [0.3, 0.4) is 0 Å². The highest BCUT2D eigenvalue weighted by Gasteiger charge is 2.57. The summed E-state index contributed by atoms with van der Waals surface area (Å²) in [5.41, 5.74) is -3.49. The quantitative estimate of drug-likeness (QED) is 0.860. The Hall–Kier alpha value is -1.65. The molecule has 1 aromatic carbocycles. The number of rotatable bonds is 3. The lowest BCUT2D eigenvalue weighted by atomic mass is 10.0. The van der Waals surface area contributed by atoms with E-state index in [1.54, 1.807) is 18.2 Å². The number of carbonyl (C=O) groups is 1. The molecule has 1 atom stereocenters. The molecule has 134 valence electrons. The number of benzene rings is 1. The molecule has 0 aliphatic carbocycles. The van der Waals surface area contributed by atoms with Gasteiger partial charge in [0.15, 0.2) is 0 Å². The van der Waals surface area contributed by atoms with Crippen molar-refractivity contribution in [1.29, 1.82) is 0 Å². The molecule has 1 saturated heterocycles. The van der Waals surface area contributed by atoms with Crippen LogP contribution in [-0.4, -0.2) is 66.6 Å². The van der Waals surface area contributed by atoms with Crippen molar-refractivity contribution in [3.05, 3.63) is 30.3 Å². The summed E-state index contributed by atoms with van der Waals surface area (Å²) in [4.78, 5) is 12.8. The number of sulfonamides is 1. The van der Waals surface area contributed by atoms with Crippen molar-refractivity contribution in [2.24, 2.45) is 0 Å². The highest BCUT2D eigenvalue weighted by molar-refractivity contribution is 7.89. The molecule has 1 aromatic rings. The number of piperazine rings is 1. The Labute approximate surface area is 137 Å². The Morgan fingerprint density at radius 3 is 2.04 bits per heavy atom. The van der Waals surface area contributed by atoms with E-state index in [1.165, 1.54) is 12.1 Å². The molecule has 0 spiro atoms. The average molecular weight is 366 g/mol. The summed E-state index contributed by atoms with van der Waals surface area (Å²) in [6, 6.07) is 7.62. The smallest absolute Gasteiger partial charge is 0.373 e. The van der Waals surface area contributed by atoms with E-state index >= 15 is 0 Å². The van der Waals surface area contributed by atoms with Crippen LogP contribution in [0.4, 0.5) is 13.2 Å². The summed E-state index contributed by atoms with van der Waals surface area (Å²) >= 11 is 0. The summed E-state index contributed by atoms with van der Waals surface area (Å²) in [6.07, 6.45) is -5.10. The molecule has 1 amide bonds. The van der Waals surface area contributed by atoms with Crippen molar-refractivity contribution in [1.82, 2.24) is 9.21 Å². The van der Waals surface area contributed by atoms with E-state index in [4.69, 9.17) is 0 Å². The van der Waals surface area contributed by atoms with Gasteiger partial charge in [-0.15, -0.1) is 0 Å². The summed E-state index contributed by atoms with van der Waals surface area (Å²) in [6.45, 7) is -0.343. The second-order valence-electron chi connectivity index (χ2n) is 5.58. The molecule has 0 saturated carbocycles. The lowest BCUT2D eigenvalue weighted by molar-refractivity contribution is -0.250. The third kappa shape index (κ3) is 3.40. The summed E-state index contributed by atoms with van der Waals surface area (Å²) in [7, 11) is -3.76. The van der Waals surface area contributed by atoms with Crippen molar-refractivity contribution >= 4 is 15.9 Å². The van der Waals surface area contributed by atoms with Gasteiger partial charge in [0.05, 0.1) is 4.90 Å². The van der Waals surface area contributed by atoms with E-state index in [0.717, 1.165) is 9.21 Å². The topological polar surface area (TPSA) is 77.9 Å². The fraction of sp³-hybridized carbons (Fsp3) is 0.500. The average Bonchev–Trinajstić information content (AvgIpc) is 2.54. The Balaban J connectivity index is 2.08. The first-order chi connectivity index (χ1) is 11.0. The molecule has 1 heterocycles. The molecule has 2 rings (SSSR count). The van der Waals surface area contributed by atoms with E-state index in [1.807, 2.05) is 0 Å². The monoisotopic (exact) mass is 366 g/mol. The van der Waals surface area contributed by atoms with Crippen LogP contribution >= 0.6 is 0 Å². The van der Waals surface area contributed by atoms with Crippen LogP contribution in [0.25, 0.3) is 0 Å². The predicted octanol–water partition coefficient (Wildman–Crippen LogP) is 0.833. The standard InChI is InChI=1S/C14H17F3N2O4S/c1-13(21,14(15,16)17)12(20)18-7-9-19(10-8-18)24(22,23)11-5-3-2-4-6-11/h2-6,21H,7-10H2,1H3. The van der Waals surface area contributed by atoms with E-state index in [9.17, 15) is 31.5 Å². The van der Waals surface area contributed by atoms with Gasteiger partial charge in [-0.25, -0.2) is 8.42 Å². The molecular weight excluding hydrogens is 349 g/mol. The predicted molar refractivity (Wildman–Crippen MR) is 78.5 cm³/mol. The van der Waals surface area contributed by atoms with Gasteiger partial charge in [0.1, 0.15) is 0 Å². The molecule has 1 aliphatic rings. The first-order valence-corrected chi connectivity index (χ1v) is 8.55. The fourth-order valence-corrected chi connectivity index (χ4v) is 3.75. The number of halogens is 3. The van der Waals surface area contributed by atoms with Crippen molar-refractivity contribution in [2.75, 3.05) is 26.2 Å². The molecular formula is C14H17F3N2O4S. The molecule has 0 radical (unpaired) electrons. The minimum atomic E-state index is -5.10. The van der Waals surface area contributed by atoms with Gasteiger partial charge in [0, 0.05) is 26.2 Å². The molecule has 0 bridgehead atoms. The van der Waals surface area contributed by atoms with Gasteiger partial charge in [-0.2, -0.15) is 17.5 Å². The molecule has 1 fully saturated rings.